The van der Waals surface area contributed by atoms with Gasteiger partial charge in [-0.15, -0.1) is 0 Å². The Kier molecular flexibility index (Phi) is 4.50. The molecule has 2 heterocycles. The molecule has 0 N–H and O–H groups in total. The third-order valence-electron chi connectivity index (χ3n) is 4.23. The third kappa shape index (κ3) is 3.43. The van der Waals surface area contributed by atoms with Gasteiger partial charge in [-0.05, 0) is 18.2 Å². The van der Waals surface area contributed by atoms with Crippen molar-refractivity contribution in [3.63, 3.8) is 0 Å². The lowest BCUT2D eigenvalue weighted by Gasteiger charge is -2.40. The average Bonchev–Trinajstić information content (AvgIpc) is 2.69. The second-order valence-corrected chi connectivity index (χ2v) is 5.92. The van der Waals surface area contributed by atoms with Gasteiger partial charge in [-0.1, -0.05) is 48.5 Å². The molecule has 0 spiro atoms. The van der Waals surface area contributed by atoms with Gasteiger partial charge in [0.2, 0.25) is 0 Å². The Hall–Kier alpha value is -2.63. The van der Waals surface area contributed by atoms with Crippen molar-refractivity contribution in [1.82, 2.24) is 0 Å². The molecule has 2 aliphatic heterocycles. The lowest BCUT2D eigenvalue weighted by atomic mass is 10.0. The summed E-state index contributed by atoms with van der Waals surface area (Å²) in [5, 5.41) is 0. The Morgan fingerprint density at radius 2 is 1.72 bits per heavy atom. The molecule has 1 saturated heterocycles. The Labute approximate surface area is 145 Å². The summed E-state index contributed by atoms with van der Waals surface area (Å²) in [5.41, 5.74) is 1.43. The van der Waals surface area contributed by atoms with Crippen molar-refractivity contribution in [1.29, 1.82) is 0 Å². The first-order chi connectivity index (χ1) is 12.3. The molecule has 1 fully saturated rings. The van der Waals surface area contributed by atoms with Crippen molar-refractivity contribution in [2.24, 2.45) is 0 Å². The van der Waals surface area contributed by atoms with Gasteiger partial charge < -0.3 is 18.9 Å². The lowest BCUT2D eigenvalue weighted by molar-refractivity contribution is -0.276. The molecule has 0 amide bonds. The molecule has 4 atom stereocenters. The fourth-order valence-electron chi connectivity index (χ4n) is 2.94. The van der Waals surface area contributed by atoms with Crippen molar-refractivity contribution in [3.05, 3.63) is 84.1 Å². The van der Waals surface area contributed by atoms with Gasteiger partial charge in [0.15, 0.2) is 18.5 Å². The Morgan fingerprint density at radius 3 is 2.48 bits per heavy atom. The monoisotopic (exact) mass is 338 g/mol. The maximum atomic E-state index is 12.4. The predicted octanol–water partition coefficient (Wildman–Crippen LogP) is 3.24. The topological polar surface area (TPSA) is 54.0 Å². The van der Waals surface area contributed by atoms with Gasteiger partial charge in [-0.3, -0.25) is 0 Å². The largest absolute Gasteiger partial charge is 0.493 e. The summed E-state index contributed by atoms with van der Waals surface area (Å²) in [7, 11) is 0. The highest BCUT2D eigenvalue weighted by Crippen LogP contribution is 2.32. The zero-order valence-electron chi connectivity index (χ0n) is 13.5. The molecule has 5 heteroatoms. The predicted molar refractivity (Wildman–Crippen MR) is 89.7 cm³/mol. The molecule has 0 radical (unpaired) electrons. The summed E-state index contributed by atoms with van der Waals surface area (Å²) >= 11 is 0. The van der Waals surface area contributed by atoms with Crippen LogP contribution in [0.3, 0.4) is 0 Å². The minimum atomic E-state index is -0.526. The smallest absolute Gasteiger partial charge is 0.338 e. The van der Waals surface area contributed by atoms with E-state index in [2.05, 4.69) is 0 Å². The molecule has 5 nitrogen and oxygen atoms in total. The summed E-state index contributed by atoms with van der Waals surface area (Å²) in [4.78, 5) is 12.4. The van der Waals surface area contributed by atoms with Crippen LogP contribution in [0.15, 0.2) is 73.0 Å². The number of fused-ring (bicyclic) bond motifs is 1. The minimum absolute atomic E-state index is 0.307. The summed E-state index contributed by atoms with van der Waals surface area (Å²) in [5.74, 6) is -0.387. The fraction of sp³-hybridized carbons (Fsp3) is 0.250. The number of hydrogen-bond acceptors (Lipinski definition) is 5. The summed E-state index contributed by atoms with van der Waals surface area (Å²) in [6.45, 7) is 0.369. The van der Waals surface area contributed by atoms with E-state index in [0.29, 0.717) is 12.2 Å². The van der Waals surface area contributed by atoms with Crippen LogP contribution >= 0.6 is 0 Å². The minimum Gasteiger partial charge on any atom is -0.493 e. The molecule has 0 aromatic heterocycles. The Bertz CT molecular complexity index is 743. The zero-order chi connectivity index (χ0) is 17.1. The van der Waals surface area contributed by atoms with E-state index in [1.54, 1.807) is 36.6 Å². The maximum Gasteiger partial charge on any atom is 0.338 e. The van der Waals surface area contributed by atoms with Crippen molar-refractivity contribution in [2.45, 2.75) is 24.6 Å². The first-order valence-electron chi connectivity index (χ1n) is 8.21. The van der Waals surface area contributed by atoms with Crippen LogP contribution < -0.4 is 0 Å². The standard InChI is InChI=1S/C20H18O5/c21-19(14-7-3-1-4-8-14)24-16-11-12-22-17-13-23-20(25-18(16)17)15-9-5-2-6-10-15/h1-12,16-18,20H,13H2/t16-,17+,18-,20+/m0/s1. The van der Waals surface area contributed by atoms with Crippen LogP contribution in [0.2, 0.25) is 0 Å². The highest BCUT2D eigenvalue weighted by molar-refractivity contribution is 5.89. The summed E-state index contributed by atoms with van der Waals surface area (Å²) < 4.78 is 23.0. The molecular weight excluding hydrogens is 320 g/mol. The molecule has 0 unspecified atom stereocenters. The van der Waals surface area contributed by atoms with Crippen LogP contribution in [0.4, 0.5) is 0 Å². The summed E-state index contributed by atoms with van der Waals surface area (Å²) in [6, 6.07) is 18.6. The van der Waals surface area contributed by atoms with Crippen molar-refractivity contribution < 1.29 is 23.7 Å². The van der Waals surface area contributed by atoms with Gasteiger partial charge in [-0.25, -0.2) is 4.79 Å². The van der Waals surface area contributed by atoms with E-state index < -0.39 is 18.5 Å². The lowest BCUT2D eigenvalue weighted by Crippen LogP contribution is -2.50. The number of hydrogen-bond donors (Lipinski definition) is 0. The Balaban J connectivity index is 1.49. The van der Waals surface area contributed by atoms with Gasteiger partial charge in [0, 0.05) is 5.56 Å². The second kappa shape index (κ2) is 7.09. The van der Waals surface area contributed by atoms with Gasteiger partial charge >= 0.3 is 5.97 Å². The average molecular weight is 338 g/mol. The zero-order valence-corrected chi connectivity index (χ0v) is 13.5. The number of rotatable bonds is 3. The highest BCUT2D eigenvalue weighted by atomic mass is 16.7. The van der Waals surface area contributed by atoms with E-state index in [1.807, 2.05) is 36.4 Å². The second-order valence-electron chi connectivity index (χ2n) is 5.92. The molecule has 0 saturated carbocycles. The number of ether oxygens (including phenoxy) is 4. The van der Waals surface area contributed by atoms with Gasteiger partial charge in [0.1, 0.15) is 6.10 Å². The van der Waals surface area contributed by atoms with Crippen LogP contribution in [0.1, 0.15) is 22.2 Å². The molecular formula is C20H18O5. The van der Waals surface area contributed by atoms with Crippen LogP contribution in [-0.4, -0.2) is 30.9 Å². The van der Waals surface area contributed by atoms with Gasteiger partial charge in [0.25, 0.3) is 0 Å². The van der Waals surface area contributed by atoms with Crippen LogP contribution in [0.5, 0.6) is 0 Å². The van der Waals surface area contributed by atoms with Crippen molar-refractivity contribution in [2.75, 3.05) is 6.61 Å². The van der Waals surface area contributed by atoms with E-state index in [4.69, 9.17) is 18.9 Å². The van der Waals surface area contributed by atoms with Crippen LogP contribution in [-0.2, 0) is 18.9 Å². The Morgan fingerprint density at radius 1 is 1.00 bits per heavy atom. The number of carbonyl (C=O) groups excluding carboxylic acids is 1. The van der Waals surface area contributed by atoms with Gasteiger partial charge in [-0.2, -0.15) is 0 Å². The van der Waals surface area contributed by atoms with Crippen molar-refractivity contribution >= 4 is 5.97 Å². The SMILES string of the molecule is O=C(O[C@H]1C=CO[C@@H]2CO[C@@H](c3ccccc3)O[C@@H]12)c1ccccc1. The van der Waals surface area contributed by atoms with Crippen molar-refractivity contribution in [3.8, 4) is 0 Å². The molecule has 2 aromatic rings. The number of carbonyl (C=O) groups is 1. The molecule has 25 heavy (non-hydrogen) atoms. The van der Waals surface area contributed by atoms with E-state index >= 15 is 0 Å². The van der Waals surface area contributed by atoms with E-state index in [-0.39, 0.29) is 12.1 Å². The van der Waals surface area contributed by atoms with E-state index in [9.17, 15) is 4.79 Å². The van der Waals surface area contributed by atoms with Gasteiger partial charge in [0.05, 0.1) is 18.4 Å². The maximum absolute atomic E-state index is 12.4. The molecule has 2 aromatic carbocycles. The number of benzene rings is 2. The molecule has 2 aliphatic rings. The van der Waals surface area contributed by atoms with E-state index in [0.717, 1.165) is 5.56 Å². The first kappa shape index (κ1) is 15.9. The molecule has 128 valence electrons. The number of esters is 1. The first-order valence-corrected chi connectivity index (χ1v) is 8.21. The third-order valence-corrected chi connectivity index (χ3v) is 4.23. The normalized spacial score (nSPS) is 27.8. The van der Waals surface area contributed by atoms with Crippen LogP contribution in [0, 0.1) is 0 Å². The summed E-state index contributed by atoms with van der Waals surface area (Å²) in [6.07, 6.45) is 1.49. The molecule has 0 bridgehead atoms. The fourth-order valence-corrected chi connectivity index (χ4v) is 2.94. The van der Waals surface area contributed by atoms with Crippen LogP contribution in [0.25, 0.3) is 0 Å². The molecule has 0 aliphatic carbocycles. The quantitative estimate of drug-likeness (QED) is 0.804. The van der Waals surface area contributed by atoms with E-state index in [1.165, 1.54) is 0 Å². The highest BCUT2D eigenvalue weighted by Gasteiger charge is 2.42. The molecule has 4 rings (SSSR count).